The monoisotopic (exact) mass is 905 g/mol. The number of nitro groups is 1. The summed E-state index contributed by atoms with van der Waals surface area (Å²) >= 11 is 0. The van der Waals surface area contributed by atoms with Gasteiger partial charge >= 0.3 is 17.9 Å². The second kappa shape index (κ2) is 25.3. The molecule has 7 rings (SSSR count). The number of rotatable bonds is 15. The zero-order valence-corrected chi connectivity index (χ0v) is 36.8. The number of nitrogens with two attached hydrogens (primary N) is 1. The highest BCUT2D eigenvalue weighted by Gasteiger charge is 2.21. The highest BCUT2D eigenvalue weighted by molar-refractivity contribution is 6.08. The van der Waals surface area contributed by atoms with Crippen molar-refractivity contribution in [3.63, 3.8) is 0 Å². The predicted molar refractivity (Wildman–Crippen MR) is 251 cm³/mol. The fourth-order valence-corrected chi connectivity index (χ4v) is 6.01. The van der Waals surface area contributed by atoms with Crippen LogP contribution in [0.2, 0.25) is 0 Å². The zero-order chi connectivity index (χ0) is 48.0. The summed E-state index contributed by atoms with van der Waals surface area (Å²) in [6, 6.07) is 51.4. The number of nitro benzene ring substituents is 1. The number of ether oxygens (including phenoxy) is 6. The minimum Gasteiger partial charge on any atom is -0.489 e. The van der Waals surface area contributed by atoms with Gasteiger partial charge in [0.2, 0.25) is 0 Å². The molecule has 0 aromatic heterocycles. The van der Waals surface area contributed by atoms with Crippen molar-refractivity contribution in [3.8, 4) is 17.2 Å². The largest absolute Gasteiger partial charge is 0.489 e. The standard InChI is InChI=1S/C22H19NO4.C15H13NO5.C15H15NO3/c1-26-22(25)19-13-12-16(15-27-18-10-6-3-7-11-18)14-20(19)23-21(24)17-8-4-2-5-9-17;1-20-15(17)13-8-7-11(9-14(13)16(18)19)10-21-12-5-3-2-4-6-12;1-18-15(17)13-8-7-11(9-14(13)16)10-19-12-5-3-2-4-6-12/h2-14H,15H2,1H3,(H,23,24);2-9H,10H2,1H3;2-9H,10,16H2,1H3. The molecule has 0 aliphatic carbocycles. The quantitative estimate of drug-likeness (QED) is 0.0324. The normalized spacial score (nSPS) is 10.0. The van der Waals surface area contributed by atoms with E-state index in [9.17, 15) is 29.3 Å². The van der Waals surface area contributed by atoms with Crippen LogP contribution in [0.15, 0.2) is 176 Å². The smallest absolute Gasteiger partial charge is 0.344 e. The van der Waals surface area contributed by atoms with Gasteiger partial charge in [0.25, 0.3) is 11.6 Å². The molecule has 0 fully saturated rings. The molecule has 0 saturated heterocycles. The Morgan fingerprint density at radius 3 is 1.30 bits per heavy atom. The minimum absolute atomic E-state index is 0.0778. The third kappa shape index (κ3) is 15.1. The van der Waals surface area contributed by atoms with Crippen LogP contribution in [0.5, 0.6) is 17.2 Å². The number of carbonyl (C=O) groups is 4. The molecular weight excluding hydrogens is 859 g/mol. The van der Waals surface area contributed by atoms with Gasteiger partial charge in [-0.25, -0.2) is 14.4 Å². The van der Waals surface area contributed by atoms with Gasteiger partial charge in [0.05, 0.1) is 43.1 Å². The van der Waals surface area contributed by atoms with E-state index in [0.717, 1.165) is 22.6 Å². The van der Waals surface area contributed by atoms with Gasteiger partial charge in [0, 0.05) is 17.3 Å². The molecular formula is C52H47N3O12. The van der Waals surface area contributed by atoms with Crippen LogP contribution in [0.1, 0.15) is 58.1 Å². The molecule has 7 aromatic rings. The van der Waals surface area contributed by atoms with Crippen LogP contribution in [-0.2, 0) is 34.0 Å². The van der Waals surface area contributed by atoms with Gasteiger partial charge in [0.1, 0.15) is 42.6 Å². The molecule has 1 amide bonds. The van der Waals surface area contributed by atoms with Gasteiger partial charge in [0.15, 0.2) is 0 Å². The maximum absolute atomic E-state index is 12.5. The van der Waals surface area contributed by atoms with E-state index < -0.39 is 22.8 Å². The van der Waals surface area contributed by atoms with E-state index in [4.69, 9.17) is 24.7 Å². The molecule has 15 nitrogen and oxygen atoms in total. The van der Waals surface area contributed by atoms with Crippen molar-refractivity contribution < 1.29 is 52.5 Å². The summed E-state index contributed by atoms with van der Waals surface area (Å²) in [5, 5.41) is 13.8. The van der Waals surface area contributed by atoms with E-state index in [-0.39, 0.29) is 29.3 Å². The zero-order valence-electron chi connectivity index (χ0n) is 36.8. The SMILES string of the molecule is COC(=O)c1ccc(COc2ccccc2)cc1N.COC(=O)c1ccc(COc2ccccc2)cc1NC(=O)c1ccccc1.COC(=O)c1ccc(COc2ccccc2)cc1[N+](=O)[O-]. The van der Waals surface area contributed by atoms with Gasteiger partial charge in [-0.15, -0.1) is 0 Å². The summed E-state index contributed by atoms with van der Waals surface area (Å²) < 4.78 is 30.8. The van der Waals surface area contributed by atoms with Crippen LogP contribution in [0.25, 0.3) is 0 Å². The maximum atomic E-state index is 12.5. The molecule has 7 aromatic carbocycles. The summed E-state index contributed by atoms with van der Waals surface area (Å²) in [7, 11) is 3.81. The van der Waals surface area contributed by atoms with Crippen LogP contribution in [0.3, 0.4) is 0 Å². The number of benzene rings is 7. The van der Waals surface area contributed by atoms with Crippen molar-refractivity contribution in [2.24, 2.45) is 0 Å². The van der Waals surface area contributed by atoms with Crippen molar-refractivity contribution in [1.82, 2.24) is 0 Å². The Kier molecular flexibility index (Phi) is 18.6. The van der Waals surface area contributed by atoms with E-state index in [1.54, 1.807) is 78.9 Å². The van der Waals surface area contributed by atoms with Crippen molar-refractivity contribution in [2.45, 2.75) is 19.8 Å². The molecule has 0 bridgehead atoms. The molecule has 0 radical (unpaired) electrons. The fraction of sp³-hybridized carbons (Fsp3) is 0.115. The second-order valence-electron chi connectivity index (χ2n) is 14.0. The van der Waals surface area contributed by atoms with Gasteiger partial charge in [-0.2, -0.15) is 0 Å². The number of methoxy groups -OCH3 is 3. The van der Waals surface area contributed by atoms with Crippen LogP contribution in [0, 0.1) is 10.1 Å². The molecule has 0 saturated carbocycles. The first-order chi connectivity index (χ1) is 32.5. The Balaban J connectivity index is 0.000000192. The molecule has 3 N–H and O–H groups in total. The van der Waals surface area contributed by atoms with Gasteiger partial charge in [-0.05, 0) is 95.6 Å². The molecule has 0 aliphatic rings. The maximum Gasteiger partial charge on any atom is 0.344 e. The van der Waals surface area contributed by atoms with Gasteiger partial charge in [-0.1, -0.05) is 91.0 Å². The number of para-hydroxylation sites is 3. The first kappa shape index (κ1) is 49.0. The lowest BCUT2D eigenvalue weighted by Crippen LogP contribution is -2.16. The van der Waals surface area contributed by atoms with Crippen LogP contribution >= 0.6 is 0 Å². The first-order valence-electron chi connectivity index (χ1n) is 20.4. The van der Waals surface area contributed by atoms with E-state index in [0.29, 0.717) is 47.0 Å². The third-order valence-electron chi connectivity index (χ3n) is 9.41. The molecule has 0 atom stereocenters. The number of carbonyl (C=O) groups excluding carboxylic acids is 4. The topological polar surface area (TPSA) is 205 Å². The number of hydrogen-bond donors (Lipinski definition) is 2. The number of hydrogen-bond acceptors (Lipinski definition) is 13. The molecule has 0 aliphatic heterocycles. The van der Waals surface area contributed by atoms with Gasteiger partial charge < -0.3 is 39.5 Å². The molecule has 0 heterocycles. The summed E-state index contributed by atoms with van der Waals surface area (Å²) in [5.41, 5.74) is 9.66. The lowest BCUT2D eigenvalue weighted by molar-refractivity contribution is -0.385. The highest BCUT2D eigenvalue weighted by Crippen LogP contribution is 2.24. The second-order valence-corrected chi connectivity index (χ2v) is 14.0. The molecule has 0 unspecified atom stereocenters. The average molecular weight is 906 g/mol. The molecule has 67 heavy (non-hydrogen) atoms. The van der Waals surface area contributed by atoms with Crippen LogP contribution < -0.4 is 25.3 Å². The van der Waals surface area contributed by atoms with Crippen molar-refractivity contribution in [2.75, 3.05) is 32.4 Å². The number of amides is 1. The van der Waals surface area contributed by atoms with E-state index in [2.05, 4.69) is 14.8 Å². The number of nitrogens with zero attached hydrogens (tertiary/aromatic N) is 1. The Morgan fingerprint density at radius 2 is 0.866 bits per heavy atom. The van der Waals surface area contributed by atoms with Gasteiger partial charge in [-0.3, -0.25) is 14.9 Å². The number of nitrogens with one attached hydrogen (secondary N) is 1. The van der Waals surface area contributed by atoms with Crippen molar-refractivity contribution in [1.29, 1.82) is 0 Å². The summed E-state index contributed by atoms with van der Waals surface area (Å²) in [6.07, 6.45) is 0. The average Bonchev–Trinajstić information content (AvgIpc) is 3.37. The Morgan fingerprint density at radius 1 is 0.493 bits per heavy atom. The number of anilines is 2. The molecule has 342 valence electrons. The number of nitrogen functional groups attached to an aromatic ring is 1. The predicted octanol–water partition coefficient (Wildman–Crippen LogP) is 9.90. The third-order valence-corrected chi connectivity index (χ3v) is 9.41. The fourth-order valence-electron chi connectivity index (χ4n) is 6.01. The summed E-state index contributed by atoms with van der Waals surface area (Å²) in [5.74, 6) is 0.195. The molecule has 0 spiro atoms. The van der Waals surface area contributed by atoms with E-state index >= 15 is 0 Å². The molecule has 15 heteroatoms. The van der Waals surface area contributed by atoms with Crippen LogP contribution in [-0.4, -0.2) is 50.1 Å². The lowest BCUT2D eigenvalue weighted by Gasteiger charge is -2.13. The van der Waals surface area contributed by atoms with E-state index in [1.807, 2.05) is 84.9 Å². The Bertz CT molecular complexity index is 2740. The van der Waals surface area contributed by atoms with Crippen LogP contribution in [0.4, 0.5) is 17.1 Å². The lowest BCUT2D eigenvalue weighted by atomic mass is 10.1. The Labute approximate surface area is 386 Å². The highest BCUT2D eigenvalue weighted by atomic mass is 16.6. The first-order valence-corrected chi connectivity index (χ1v) is 20.4. The Hall–Kier alpha value is -8.98. The van der Waals surface area contributed by atoms with Crippen molar-refractivity contribution >= 4 is 40.9 Å². The summed E-state index contributed by atoms with van der Waals surface area (Å²) in [6.45, 7) is 0.877. The summed E-state index contributed by atoms with van der Waals surface area (Å²) in [4.78, 5) is 57.8. The minimum atomic E-state index is -0.739. The number of esters is 3. The van der Waals surface area contributed by atoms with E-state index in [1.165, 1.54) is 33.5 Å². The van der Waals surface area contributed by atoms with Crippen molar-refractivity contribution in [3.05, 3.63) is 225 Å².